The highest BCUT2D eigenvalue weighted by Gasteiger charge is 2.19. The van der Waals surface area contributed by atoms with Crippen molar-refractivity contribution in [2.45, 2.75) is 13.0 Å². The van der Waals surface area contributed by atoms with Crippen LogP contribution >= 0.6 is 11.6 Å². The normalized spacial score (nSPS) is 18.2. The first kappa shape index (κ1) is 12.3. The second kappa shape index (κ2) is 5.42. The van der Waals surface area contributed by atoms with Gasteiger partial charge < -0.3 is 4.90 Å². The molecule has 0 unspecified atom stereocenters. The van der Waals surface area contributed by atoms with Gasteiger partial charge in [0, 0.05) is 26.7 Å². The van der Waals surface area contributed by atoms with Crippen LogP contribution in [0.15, 0.2) is 12.1 Å². The summed E-state index contributed by atoms with van der Waals surface area (Å²) in [5.41, 5.74) is 0.840. The van der Waals surface area contributed by atoms with Gasteiger partial charge in [0.25, 0.3) is 0 Å². The van der Waals surface area contributed by atoms with Crippen LogP contribution in [0.3, 0.4) is 0 Å². The maximum atomic E-state index is 11.7. The Morgan fingerprint density at radius 3 is 2.88 bits per heavy atom. The third-order valence-corrected chi connectivity index (χ3v) is 3.03. The Bertz CT molecular complexity index is 395. The lowest BCUT2D eigenvalue weighted by Crippen LogP contribution is -2.34. The van der Waals surface area contributed by atoms with Gasteiger partial charge in [-0.15, -0.1) is 5.10 Å². The van der Waals surface area contributed by atoms with Gasteiger partial charge in [-0.2, -0.15) is 5.10 Å². The van der Waals surface area contributed by atoms with E-state index in [1.165, 1.54) is 0 Å². The minimum absolute atomic E-state index is 0.157. The maximum Gasteiger partial charge on any atom is 0.236 e. The molecule has 1 aliphatic heterocycles. The molecule has 0 bridgehead atoms. The quantitative estimate of drug-likeness (QED) is 0.783. The number of nitrogens with zero attached hydrogens (tertiary/aromatic N) is 4. The second-order valence-electron chi connectivity index (χ2n) is 4.23. The van der Waals surface area contributed by atoms with E-state index < -0.39 is 0 Å². The molecule has 0 atom stereocenters. The Hall–Kier alpha value is -1.20. The van der Waals surface area contributed by atoms with Crippen LogP contribution in [0.4, 0.5) is 0 Å². The second-order valence-corrected chi connectivity index (χ2v) is 4.61. The zero-order chi connectivity index (χ0) is 12.3. The van der Waals surface area contributed by atoms with Gasteiger partial charge in [0.15, 0.2) is 5.15 Å². The van der Waals surface area contributed by atoms with E-state index in [4.69, 9.17) is 11.6 Å². The van der Waals surface area contributed by atoms with Crippen molar-refractivity contribution >= 4 is 17.5 Å². The van der Waals surface area contributed by atoms with Crippen molar-refractivity contribution in [2.75, 3.05) is 26.7 Å². The molecule has 92 valence electrons. The predicted molar refractivity (Wildman–Crippen MR) is 64.6 cm³/mol. The van der Waals surface area contributed by atoms with Crippen LogP contribution in [0.5, 0.6) is 0 Å². The van der Waals surface area contributed by atoms with Crippen LogP contribution in [-0.2, 0) is 11.3 Å². The SMILES string of the molecule is CN1CCCN(Cc2ccc(Cl)nn2)CC1=O. The van der Waals surface area contributed by atoms with Crippen molar-refractivity contribution in [3.8, 4) is 0 Å². The van der Waals surface area contributed by atoms with Crippen molar-refractivity contribution in [1.82, 2.24) is 20.0 Å². The Balaban J connectivity index is 1.98. The summed E-state index contributed by atoms with van der Waals surface area (Å²) < 4.78 is 0. The summed E-state index contributed by atoms with van der Waals surface area (Å²) in [6, 6.07) is 3.56. The smallest absolute Gasteiger partial charge is 0.236 e. The number of carbonyl (C=O) groups is 1. The minimum atomic E-state index is 0.157. The molecule has 2 heterocycles. The molecule has 1 amide bonds. The largest absolute Gasteiger partial charge is 0.345 e. The van der Waals surface area contributed by atoms with E-state index in [9.17, 15) is 4.79 Å². The first-order valence-corrected chi connectivity index (χ1v) is 5.97. The van der Waals surface area contributed by atoms with Crippen molar-refractivity contribution in [3.63, 3.8) is 0 Å². The van der Waals surface area contributed by atoms with E-state index in [1.54, 1.807) is 11.0 Å². The fraction of sp³-hybridized carbons (Fsp3) is 0.545. The monoisotopic (exact) mass is 254 g/mol. The summed E-state index contributed by atoms with van der Waals surface area (Å²) in [6.45, 7) is 2.81. The molecule has 2 rings (SSSR count). The van der Waals surface area contributed by atoms with Gasteiger partial charge in [-0.05, 0) is 18.6 Å². The summed E-state index contributed by atoms with van der Waals surface area (Å²) in [4.78, 5) is 15.6. The molecule has 1 aromatic heterocycles. The van der Waals surface area contributed by atoms with Gasteiger partial charge in [-0.25, -0.2) is 0 Å². The maximum absolute atomic E-state index is 11.7. The van der Waals surface area contributed by atoms with Crippen LogP contribution in [-0.4, -0.2) is 52.6 Å². The van der Waals surface area contributed by atoms with Gasteiger partial charge in [-0.1, -0.05) is 11.6 Å². The topological polar surface area (TPSA) is 49.3 Å². The number of amides is 1. The van der Waals surface area contributed by atoms with Crippen molar-refractivity contribution in [3.05, 3.63) is 23.0 Å². The van der Waals surface area contributed by atoms with E-state index in [-0.39, 0.29) is 5.91 Å². The third-order valence-electron chi connectivity index (χ3n) is 2.83. The average Bonchev–Trinajstić information content (AvgIpc) is 2.45. The molecule has 0 saturated carbocycles. The first-order chi connectivity index (χ1) is 8.15. The summed E-state index contributed by atoms with van der Waals surface area (Å²) in [5.74, 6) is 0.157. The molecule has 1 fully saturated rings. The van der Waals surface area contributed by atoms with Gasteiger partial charge in [0.05, 0.1) is 12.2 Å². The molecule has 0 aromatic carbocycles. The van der Waals surface area contributed by atoms with Gasteiger partial charge in [0.1, 0.15) is 0 Å². The molecule has 17 heavy (non-hydrogen) atoms. The van der Waals surface area contributed by atoms with E-state index in [0.717, 1.165) is 25.2 Å². The van der Waals surface area contributed by atoms with E-state index >= 15 is 0 Å². The Labute approximate surface area is 105 Å². The van der Waals surface area contributed by atoms with Gasteiger partial charge in [0.2, 0.25) is 5.91 Å². The Kier molecular flexibility index (Phi) is 3.91. The van der Waals surface area contributed by atoms with Gasteiger partial charge in [-0.3, -0.25) is 9.69 Å². The molecule has 1 saturated heterocycles. The Morgan fingerprint density at radius 2 is 2.18 bits per heavy atom. The summed E-state index contributed by atoms with van der Waals surface area (Å²) in [6.07, 6.45) is 0.989. The standard InChI is InChI=1S/C11H15ClN4O/c1-15-5-2-6-16(8-11(15)17)7-9-3-4-10(12)14-13-9/h3-4H,2,5-8H2,1H3. The zero-order valence-corrected chi connectivity index (χ0v) is 10.5. The van der Waals surface area contributed by atoms with Crippen molar-refractivity contribution in [1.29, 1.82) is 0 Å². The number of aromatic nitrogens is 2. The highest BCUT2D eigenvalue weighted by atomic mass is 35.5. The van der Waals surface area contributed by atoms with Crippen molar-refractivity contribution < 1.29 is 4.79 Å². The fourth-order valence-electron chi connectivity index (χ4n) is 1.84. The summed E-state index contributed by atoms with van der Waals surface area (Å²) >= 11 is 5.67. The van der Waals surface area contributed by atoms with Crippen LogP contribution in [0.1, 0.15) is 12.1 Å². The molecule has 5 nitrogen and oxygen atoms in total. The molecule has 1 aliphatic rings. The number of likely N-dealkylation sites (N-methyl/N-ethyl adjacent to an activating group) is 1. The number of hydrogen-bond acceptors (Lipinski definition) is 4. The lowest BCUT2D eigenvalue weighted by Gasteiger charge is -2.18. The third kappa shape index (κ3) is 3.38. The predicted octanol–water partition coefficient (Wildman–Crippen LogP) is 0.794. The highest BCUT2D eigenvalue weighted by molar-refractivity contribution is 6.29. The average molecular weight is 255 g/mol. The molecule has 0 N–H and O–H groups in total. The molecule has 0 spiro atoms. The molecule has 0 radical (unpaired) electrons. The van der Waals surface area contributed by atoms with Crippen LogP contribution in [0.2, 0.25) is 5.15 Å². The fourth-order valence-corrected chi connectivity index (χ4v) is 1.94. The van der Waals surface area contributed by atoms with Gasteiger partial charge >= 0.3 is 0 Å². The van der Waals surface area contributed by atoms with E-state index in [0.29, 0.717) is 18.2 Å². The summed E-state index contributed by atoms with van der Waals surface area (Å²) in [5, 5.41) is 8.18. The summed E-state index contributed by atoms with van der Waals surface area (Å²) in [7, 11) is 1.84. The molecule has 0 aliphatic carbocycles. The van der Waals surface area contributed by atoms with E-state index in [1.807, 2.05) is 13.1 Å². The lowest BCUT2D eigenvalue weighted by atomic mass is 10.3. The van der Waals surface area contributed by atoms with Crippen LogP contribution in [0, 0.1) is 0 Å². The molecular weight excluding hydrogens is 240 g/mol. The molecular formula is C11H15ClN4O. The van der Waals surface area contributed by atoms with Crippen LogP contribution in [0.25, 0.3) is 0 Å². The zero-order valence-electron chi connectivity index (χ0n) is 9.77. The number of hydrogen-bond donors (Lipinski definition) is 0. The Morgan fingerprint density at radius 1 is 1.35 bits per heavy atom. The first-order valence-electron chi connectivity index (χ1n) is 5.59. The number of rotatable bonds is 2. The molecule has 1 aromatic rings. The number of carbonyl (C=O) groups excluding carboxylic acids is 1. The minimum Gasteiger partial charge on any atom is -0.345 e. The highest BCUT2D eigenvalue weighted by Crippen LogP contribution is 2.08. The molecule has 6 heteroatoms. The lowest BCUT2D eigenvalue weighted by molar-refractivity contribution is -0.130. The van der Waals surface area contributed by atoms with E-state index in [2.05, 4.69) is 15.1 Å². The number of halogens is 1. The van der Waals surface area contributed by atoms with Crippen molar-refractivity contribution in [2.24, 2.45) is 0 Å². The van der Waals surface area contributed by atoms with Crippen LogP contribution < -0.4 is 0 Å².